The molecule has 4 nitrogen and oxygen atoms in total. The molecule has 102 valence electrons. The molecule has 1 aromatic heterocycles. The molecule has 20 heavy (non-hydrogen) atoms. The number of hydrogen-bond acceptors (Lipinski definition) is 4. The molecule has 0 aliphatic carbocycles. The van der Waals surface area contributed by atoms with Crippen molar-refractivity contribution in [3.63, 3.8) is 0 Å². The Morgan fingerprint density at radius 1 is 1.15 bits per heavy atom. The highest BCUT2D eigenvalue weighted by Gasteiger charge is 2.11. The van der Waals surface area contributed by atoms with Crippen LogP contribution < -0.4 is 16.2 Å². The molecule has 0 aliphatic heterocycles. The van der Waals surface area contributed by atoms with Crippen molar-refractivity contribution >= 4 is 55.8 Å². The van der Waals surface area contributed by atoms with Crippen LogP contribution in [0.25, 0.3) is 21.8 Å². The van der Waals surface area contributed by atoms with Gasteiger partial charge >= 0.3 is 0 Å². The SMILES string of the molecule is CCOc1ccc2nc3c(I)c(N)ccc3c(N)c2c1. The molecule has 0 aliphatic rings. The number of nitrogen functional groups attached to an aromatic ring is 2. The fourth-order valence-electron chi connectivity index (χ4n) is 2.26. The Hall–Kier alpha value is -1.76. The fourth-order valence-corrected chi connectivity index (χ4v) is 2.85. The third-order valence-corrected chi connectivity index (χ3v) is 4.37. The van der Waals surface area contributed by atoms with E-state index in [0.717, 1.165) is 36.8 Å². The maximum absolute atomic E-state index is 6.30. The van der Waals surface area contributed by atoms with Gasteiger partial charge in [0.1, 0.15) is 5.75 Å². The molecule has 0 saturated carbocycles. The number of aromatic nitrogens is 1. The predicted octanol–water partition coefficient (Wildman–Crippen LogP) is 3.56. The number of benzene rings is 2. The second kappa shape index (κ2) is 4.97. The molecule has 0 fully saturated rings. The Balaban J connectivity index is 2.38. The number of hydrogen-bond donors (Lipinski definition) is 2. The average Bonchev–Trinajstić information content (AvgIpc) is 2.45. The maximum Gasteiger partial charge on any atom is 0.120 e. The van der Waals surface area contributed by atoms with Crippen LogP contribution in [0.1, 0.15) is 6.92 Å². The minimum Gasteiger partial charge on any atom is -0.494 e. The van der Waals surface area contributed by atoms with Gasteiger partial charge < -0.3 is 16.2 Å². The molecule has 2 aromatic carbocycles. The van der Waals surface area contributed by atoms with Crippen molar-refractivity contribution < 1.29 is 4.74 Å². The van der Waals surface area contributed by atoms with Gasteiger partial charge in [0.15, 0.2) is 0 Å². The monoisotopic (exact) mass is 379 g/mol. The van der Waals surface area contributed by atoms with Crippen LogP contribution in [-0.4, -0.2) is 11.6 Å². The van der Waals surface area contributed by atoms with E-state index in [2.05, 4.69) is 27.6 Å². The number of fused-ring (bicyclic) bond motifs is 2. The number of anilines is 2. The Bertz CT molecular complexity index is 817. The topological polar surface area (TPSA) is 74.2 Å². The summed E-state index contributed by atoms with van der Waals surface area (Å²) < 4.78 is 6.45. The van der Waals surface area contributed by atoms with E-state index in [1.54, 1.807) is 0 Å². The molecule has 3 rings (SSSR count). The summed E-state index contributed by atoms with van der Waals surface area (Å²) in [6, 6.07) is 9.55. The van der Waals surface area contributed by atoms with Crippen molar-refractivity contribution in [3.8, 4) is 5.75 Å². The minimum atomic E-state index is 0.626. The molecule has 0 bridgehead atoms. The van der Waals surface area contributed by atoms with Crippen LogP contribution in [0.4, 0.5) is 11.4 Å². The molecule has 4 N–H and O–H groups in total. The molecular weight excluding hydrogens is 365 g/mol. The number of ether oxygens (including phenoxy) is 1. The van der Waals surface area contributed by atoms with Gasteiger partial charge in [-0.05, 0) is 59.8 Å². The summed E-state index contributed by atoms with van der Waals surface area (Å²) in [4.78, 5) is 4.68. The number of nitrogens with two attached hydrogens (primary N) is 2. The first kappa shape index (κ1) is 13.2. The summed E-state index contributed by atoms with van der Waals surface area (Å²) in [5.41, 5.74) is 15.4. The molecule has 3 aromatic rings. The predicted molar refractivity (Wildman–Crippen MR) is 92.0 cm³/mol. The highest BCUT2D eigenvalue weighted by molar-refractivity contribution is 14.1. The quantitative estimate of drug-likeness (QED) is 0.406. The molecule has 0 amide bonds. The second-order valence-electron chi connectivity index (χ2n) is 4.50. The van der Waals surface area contributed by atoms with Crippen LogP contribution in [0.3, 0.4) is 0 Å². The number of halogens is 1. The lowest BCUT2D eigenvalue weighted by Gasteiger charge is -2.11. The van der Waals surface area contributed by atoms with Gasteiger partial charge in [0, 0.05) is 16.5 Å². The molecule has 0 spiro atoms. The first-order valence-corrected chi connectivity index (χ1v) is 7.39. The van der Waals surface area contributed by atoms with Gasteiger partial charge in [-0.1, -0.05) is 0 Å². The summed E-state index contributed by atoms with van der Waals surface area (Å²) in [7, 11) is 0. The standard InChI is InChI=1S/C15H14IN3O/c1-2-20-8-3-6-12-10(7-8)14(18)9-4-5-11(17)13(16)15(9)19-12/h3-7H,2,17H2,1H3,(H2,18,19). The molecule has 0 saturated heterocycles. The summed E-state index contributed by atoms with van der Waals surface area (Å²) in [6.07, 6.45) is 0. The van der Waals surface area contributed by atoms with Gasteiger partial charge in [-0.15, -0.1) is 0 Å². The fraction of sp³-hybridized carbons (Fsp3) is 0.133. The van der Waals surface area contributed by atoms with Crippen LogP contribution in [0.15, 0.2) is 30.3 Å². The van der Waals surface area contributed by atoms with Gasteiger partial charge in [0.25, 0.3) is 0 Å². The normalized spacial score (nSPS) is 11.1. The Morgan fingerprint density at radius 2 is 1.95 bits per heavy atom. The van der Waals surface area contributed by atoms with Crippen molar-refractivity contribution in [1.29, 1.82) is 0 Å². The minimum absolute atomic E-state index is 0.626. The second-order valence-corrected chi connectivity index (χ2v) is 5.58. The lowest BCUT2D eigenvalue weighted by molar-refractivity contribution is 0.341. The highest BCUT2D eigenvalue weighted by atomic mass is 127. The van der Waals surface area contributed by atoms with Crippen LogP contribution in [0.2, 0.25) is 0 Å². The summed E-state index contributed by atoms with van der Waals surface area (Å²) >= 11 is 2.20. The van der Waals surface area contributed by atoms with E-state index in [4.69, 9.17) is 16.2 Å². The Morgan fingerprint density at radius 3 is 2.70 bits per heavy atom. The van der Waals surface area contributed by atoms with Gasteiger partial charge in [-0.2, -0.15) is 0 Å². The lowest BCUT2D eigenvalue weighted by atomic mass is 10.1. The van der Waals surface area contributed by atoms with Crippen LogP contribution in [0.5, 0.6) is 5.75 Å². The van der Waals surface area contributed by atoms with Crippen LogP contribution in [0, 0.1) is 3.57 Å². The smallest absolute Gasteiger partial charge is 0.120 e. The largest absolute Gasteiger partial charge is 0.494 e. The zero-order valence-electron chi connectivity index (χ0n) is 11.0. The zero-order chi connectivity index (χ0) is 14.3. The molecule has 1 heterocycles. The summed E-state index contributed by atoms with van der Waals surface area (Å²) in [6.45, 7) is 2.58. The first-order chi connectivity index (χ1) is 9.61. The van der Waals surface area contributed by atoms with Gasteiger partial charge in [0.2, 0.25) is 0 Å². The molecule has 0 unspecified atom stereocenters. The van der Waals surface area contributed by atoms with Crippen LogP contribution >= 0.6 is 22.6 Å². The summed E-state index contributed by atoms with van der Waals surface area (Å²) in [5, 5.41) is 1.83. The van der Waals surface area contributed by atoms with Gasteiger partial charge in [-0.3, -0.25) is 0 Å². The maximum atomic E-state index is 6.30. The van der Waals surface area contributed by atoms with Crippen LogP contribution in [-0.2, 0) is 0 Å². The third kappa shape index (κ3) is 2.02. The Kier molecular flexibility index (Phi) is 3.29. The molecule has 5 heteroatoms. The molecule has 0 radical (unpaired) electrons. The van der Waals surface area contributed by atoms with Gasteiger partial charge in [-0.25, -0.2) is 4.98 Å². The summed E-state index contributed by atoms with van der Waals surface area (Å²) in [5.74, 6) is 0.804. The number of nitrogens with zero attached hydrogens (tertiary/aromatic N) is 1. The first-order valence-electron chi connectivity index (χ1n) is 6.31. The molecule has 0 atom stereocenters. The number of pyridine rings is 1. The zero-order valence-corrected chi connectivity index (χ0v) is 13.1. The van der Waals surface area contributed by atoms with E-state index < -0.39 is 0 Å². The van der Waals surface area contributed by atoms with E-state index >= 15 is 0 Å². The van der Waals surface area contributed by atoms with E-state index in [0.29, 0.717) is 12.3 Å². The van der Waals surface area contributed by atoms with E-state index in [-0.39, 0.29) is 0 Å². The third-order valence-electron chi connectivity index (χ3n) is 3.24. The van der Waals surface area contributed by atoms with Crippen molar-refractivity contribution in [2.75, 3.05) is 18.1 Å². The highest BCUT2D eigenvalue weighted by Crippen LogP contribution is 2.34. The lowest BCUT2D eigenvalue weighted by Crippen LogP contribution is -1.98. The van der Waals surface area contributed by atoms with Crippen molar-refractivity contribution in [2.24, 2.45) is 0 Å². The van der Waals surface area contributed by atoms with E-state index in [1.807, 2.05) is 37.3 Å². The van der Waals surface area contributed by atoms with Gasteiger partial charge in [0.05, 0.1) is 26.9 Å². The van der Waals surface area contributed by atoms with Crippen molar-refractivity contribution in [3.05, 3.63) is 33.9 Å². The van der Waals surface area contributed by atoms with Crippen molar-refractivity contribution in [1.82, 2.24) is 4.98 Å². The van der Waals surface area contributed by atoms with Crippen molar-refractivity contribution in [2.45, 2.75) is 6.92 Å². The average molecular weight is 379 g/mol. The Labute approximate surface area is 130 Å². The van der Waals surface area contributed by atoms with E-state index in [9.17, 15) is 0 Å². The number of rotatable bonds is 2. The molecular formula is C15H14IN3O. The van der Waals surface area contributed by atoms with E-state index in [1.165, 1.54) is 0 Å².